The zero-order valence-electron chi connectivity index (χ0n) is 11.2. The molecule has 0 aliphatic rings. The summed E-state index contributed by atoms with van der Waals surface area (Å²) in [5.41, 5.74) is 4.01. The highest BCUT2D eigenvalue weighted by Crippen LogP contribution is 2.11. The highest BCUT2D eigenvalue weighted by atomic mass is 16.1. The normalized spacial score (nSPS) is 10.6. The molecule has 0 aromatic heterocycles. The Morgan fingerprint density at radius 3 is 2.42 bits per heavy atom. The number of ketones is 1. The van der Waals surface area contributed by atoms with E-state index in [1.165, 1.54) is 5.56 Å². The molecule has 2 rings (SSSR count). The molecule has 19 heavy (non-hydrogen) atoms. The average Bonchev–Trinajstić information content (AvgIpc) is 2.43. The lowest BCUT2D eigenvalue weighted by Crippen LogP contribution is -1.97. The molecule has 0 heterocycles. The zero-order chi connectivity index (χ0) is 13.7. The molecule has 96 valence electrons. The summed E-state index contributed by atoms with van der Waals surface area (Å²) in [5.74, 6) is 0.00605. The van der Waals surface area contributed by atoms with Gasteiger partial charge in [-0.15, -0.1) is 0 Å². The number of benzene rings is 2. The van der Waals surface area contributed by atoms with E-state index in [1.54, 1.807) is 12.3 Å². The summed E-state index contributed by atoms with van der Waals surface area (Å²) in [5, 5.41) is 3.07. The Morgan fingerprint density at radius 1 is 1.00 bits per heavy atom. The predicted molar refractivity (Wildman–Crippen MR) is 79.5 cm³/mol. The summed E-state index contributed by atoms with van der Waals surface area (Å²) in [7, 11) is 0. The van der Waals surface area contributed by atoms with Crippen LogP contribution >= 0.6 is 0 Å². The largest absolute Gasteiger partial charge is 0.362 e. The summed E-state index contributed by atoms with van der Waals surface area (Å²) >= 11 is 0. The SMILES string of the molecule is Cc1ccc(C(=O)C=CNc2ccccc2)cc1C. The van der Waals surface area contributed by atoms with E-state index in [2.05, 4.69) is 5.32 Å². The quantitative estimate of drug-likeness (QED) is 0.654. The topological polar surface area (TPSA) is 29.1 Å². The van der Waals surface area contributed by atoms with E-state index in [0.717, 1.165) is 11.3 Å². The number of anilines is 1. The van der Waals surface area contributed by atoms with Crippen molar-refractivity contribution >= 4 is 11.5 Å². The van der Waals surface area contributed by atoms with Gasteiger partial charge in [0.05, 0.1) is 0 Å². The van der Waals surface area contributed by atoms with Crippen molar-refractivity contribution in [3.63, 3.8) is 0 Å². The molecule has 1 N–H and O–H groups in total. The Bertz CT molecular complexity index is 600. The molecule has 0 spiro atoms. The molecule has 0 bridgehead atoms. The summed E-state index contributed by atoms with van der Waals surface area (Å²) in [6.07, 6.45) is 3.23. The Balaban J connectivity index is 2.02. The van der Waals surface area contributed by atoms with Gasteiger partial charge in [0.2, 0.25) is 0 Å². The number of carbonyl (C=O) groups is 1. The Hall–Kier alpha value is -2.35. The fourth-order valence-electron chi connectivity index (χ4n) is 1.74. The lowest BCUT2D eigenvalue weighted by molar-refractivity contribution is 0.104. The maximum atomic E-state index is 12.0. The monoisotopic (exact) mass is 251 g/mol. The van der Waals surface area contributed by atoms with Crippen molar-refractivity contribution in [1.29, 1.82) is 0 Å². The van der Waals surface area contributed by atoms with Crippen molar-refractivity contribution in [2.24, 2.45) is 0 Å². The van der Waals surface area contributed by atoms with Crippen molar-refractivity contribution in [3.8, 4) is 0 Å². The lowest BCUT2D eigenvalue weighted by atomic mass is 10.0. The van der Waals surface area contributed by atoms with Crippen LogP contribution in [0.3, 0.4) is 0 Å². The minimum Gasteiger partial charge on any atom is -0.362 e. The highest BCUT2D eigenvalue weighted by molar-refractivity contribution is 6.04. The van der Waals surface area contributed by atoms with Crippen LogP contribution in [0.1, 0.15) is 21.5 Å². The van der Waals surface area contributed by atoms with E-state index in [0.29, 0.717) is 5.56 Å². The predicted octanol–water partition coefficient (Wildman–Crippen LogP) is 4.11. The number of para-hydroxylation sites is 1. The number of aryl methyl sites for hydroxylation is 2. The van der Waals surface area contributed by atoms with E-state index < -0.39 is 0 Å². The summed E-state index contributed by atoms with van der Waals surface area (Å²) in [6.45, 7) is 4.05. The number of hydrogen-bond acceptors (Lipinski definition) is 2. The van der Waals surface area contributed by atoms with Gasteiger partial charge in [0.25, 0.3) is 0 Å². The third kappa shape index (κ3) is 3.55. The molecule has 0 saturated carbocycles. The third-order valence-corrected chi connectivity index (χ3v) is 3.05. The number of rotatable bonds is 4. The first-order valence-electron chi connectivity index (χ1n) is 6.26. The van der Waals surface area contributed by atoms with Gasteiger partial charge in [-0.3, -0.25) is 4.79 Å². The van der Waals surface area contributed by atoms with Crippen LogP contribution in [0.25, 0.3) is 0 Å². The minimum absolute atomic E-state index is 0.00605. The first-order chi connectivity index (χ1) is 9.16. The molecule has 2 heteroatoms. The van der Waals surface area contributed by atoms with E-state index in [-0.39, 0.29) is 5.78 Å². The zero-order valence-corrected chi connectivity index (χ0v) is 11.2. The molecule has 0 amide bonds. The molecular weight excluding hydrogens is 234 g/mol. The number of hydrogen-bond donors (Lipinski definition) is 1. The fraction of sp³-hybridized carbons (Fsp3) is 0.118. The van der Waals surface area contributed by atoms with Gasteiger partial charge in [0.1, 0.15) is 0 Å². The van der Waals surface area contributed by atoms with Gasteiger partial charge in [-0.25, -0.2) is 0 Å². The highest BCUT2D eigenvalue weighted by Gasteiger charge is 2.02. The van der Waals surface area contributed by atoms with Crippen molar-refractivity contribution in [1.82, 2.24) is 0 Å². The van der Waals surface area contributed by atoms with Crippen LogP contribution in [-0.2, 0) is 0 Å². The first-order valence-corrected chi connectivity index (χ1v) is 6.26. The second-order valence-corrected chi connectivity index (χ2v) is 4.51. The van der Waals surface area contributed by atoms with Gasteiger partial charge >= 0.3 is 0 Å². The fourth-order valence-corrected chi connectivity index (χ4v) is 1.74. The standard InChI is InChI=1S/C17H17NO/c1-13-8-9-15(12-14(13)2)17(19)10-11-18-16-6-4-3-5-7-16/h3-12,18H,1-2H3. The van der Waals surface area contributed by atoms with E-state index in [9.17, 15) is 4.79 Å². The van der Waals surface area contributed by atoms with Crippen molar-refractivity contribution in [3.05, 3.63) is 77.5 Å². The maximum absolute atomic E-state index is 12.0. The van der Waals surface area contributed by atoms with Crippen LogP contribution in [0.4, 0.5) is 5.69 Å². The average molecular weight is 251 g/mol. The molecule has 0 radical (unpaired) electrons. The summed E-state index contributed by atoms with van der Waals surface area (Å²) in [4.78, 5) is 12.0. The van der Waals surface area contributed by atoms with Crippen molar-refractivity contribution in [2.75, 3.05) is 5.32 Å². The smallest absolute Gasteiger partial charge is 0.187 e. The summed E-state index contributed by atoms with van der Waals surface area (Å²) in [6, 6.07) is 15.5. The van der Waals surface area contributed by atoms with E-state index >= 15 is 0 Å². The molecule has 0 atom stereocenters. The van der Waals surface area contributed by atoms with Gasteiger partial charge in [-0.05, 0) is 43.2 Å². The van der Waals surface area contributed by atoms with Crippen LogP contribution in [0.2, 0.25) is 0 Å². The molecular formula is C17H17NO. The van der Waals surface area contributed by atoms with Gasteiger partial charge in [0.15, 0.2) is 5.78 Å². The van der Waals surface area contributed by atoms with Gasteiger partial charge in [-0.1, -0.05) is 30.3 Å². The Morgan fingerprint density at radius 2 is 1.74 bits per heavy atom. The Labute approximate surface area is 113 Å². The van der Waals surface area contributed by atoms with E-state index in [1.807, 2.05) is 62.4 Å². The lowest BCUT2D eigenvalue weighted by Gasteiger charge is -2.02. The minimum atomic E-state index is 0.00605. The molecule has 0 fully saturated rings. The summed E-state index contributed by atoms with van der Waals surface area (Å²) < 4.78 is 0. The number of nitrogens with one attached hydrogen (secondary N) is 1. The number of allylic oxidation sites excluding steroid dienone is 1. The van der Waals surface area contributed by atoms with Crippen LogP contribution < -0.4 is 5.32 Å². The van der Waals surface area contributed by atoms with Crippen LogP contribution in [0.15, 0.2) is 60.8 Å². The maximum Gasteiger partial charge on any atom is 0.187 e. The third-order valence-electron chi connectivity index (χ3n) is 3.05. The molecule has 2 nitrogen and oxygen atoms in total. The molecule has 2 aromatic carbocycles. The van der Waals surface area contributed by atoms with Crippen LogP contribution in [0.5, 0.6) is 0 Å². The molecule has 0 aliphatic carbocycles. The molecule has 2 aromatic rings. The first kappa shape index (κ1) is 13.1. The van der Waals surface area contributed by atoms with Crippen LogP contribution in [-0.4, -0.2) is 5.78 Å². The van der Waals surface area contributed by atoms with Crippen molar-refractivity contribution in [2.45, 2.75) is 13.8 Å². The second kappa shape index (κ2) is 6.01. The van der Waals surface area contributed by atoms with Gasteiger partial charge in [0, 0.05) is 23.5 Å². The Kier molecular flexibility index (Phi) is 4.14. The molecule has 0 aliphatic heterocycles. The molecule has 0 unspecified atom stereocenters. The van der Waals surface area contributed by atoms with Gasteiger partial charge < -0.3 is 5.32 Å². The van der Waals surface area contributed by atoms with Gasteiger partial charge in [-0.2, -0.15) is 0 Å². The van der Waals surface area contributed by atoms with Crippen molar-refractivity contribution < 1.29 is 4.79 Å². The molecule has 0 saturated heterocycles. The van der Waals surface area contributed by atoms with E-state index in [4.69, 9.17) is 0 Å². The second-order valence-electron chi connectivity index (χ2n) is 4.51. The number of carbonyl (C=O) groups excluding carboxylic acids is 1. The van der Waals surface area contributed by atoms with Crippen LogP contribution in [0, 0.1) is 13.8 Å².